The standard InChI is InChI=1S/C17H20N2O2/c1-2-21-16-9-4-3-7-14(16)10-11-17(20)19-13-15-8-5-6-12-18-15/h3-9,12H,2,10-11,13H2,1H3,(H,19,20). The Hall–Kier alpha value is -2.36. The van der Waals surface area contributed by atoms with Crippen molar-refractivity contribution in [2.75, 3.05) is 6.61 Å². The molecule has 2 aromatic rings. The van der Waals surface area contributed by atoms with Crippen molar-refractivity contribution >= 4 is 5.91 Å². The summed E-state index contributed by atoms with van der Waals surface area (Å²) in [5.41, 5.74) is 1.92. The molecule has 0 aliphatic carbocycles. The van der Waals surface area contributed by atoms with Crippen molar-refractivity contribution < 1.29 is 9.53 Å². The summed E-state index contributed by atoms with van der Waals surface area (Å²) >= 11 is 0. The minimum absolute atomic E-state index is 0.0203. The van der Waals surface area contributed by atoms with Crippen LogP contribution in [0.5, 0.6) is 5.75 Å². The van der Waals surface area contributed by atoms with Crippen molar-refractivity contribution in [2.45, 2.75) is 26.3 Å². The van der Waals surface area contributed by atoms with E-state index in [1.54, 1.807) is 6.20 Å². The maximum Gasteiger partial charge on any atom is 0.220 e. The molecule has 0 atom stereocenters. The fourth-order valence-corrected chi connectivity index (χ4v) is 2.04. The number of hydrogen-bond acceptors (Lipinski definition) is 3. The largest absolute Gasteiger partial charge is 0.494 e. The predicted octanol–water partition coefficient (Wildman–Crippen LogP) is 2.73. The van der Waals surface area contributed by atoms with E-state index in [9.17, 15) is 4.79 Å². The summed E-state index contributed by atoms with van der Waals surface area (Å²) in [6.45, 7) is 3.05. The lowest BCUT2D eigenvalue weighted by Crippen LogP contribution is -2.23. The fraction of sp³-hybridized carbons (Fsp3) is 0.294. The molecule has 21 heavy (non-hydrogen) atoms. The Morgan fingerprint density at radius 1 is 1.19 bits per heavy atom. The monoisotopic (exact) mass is 284 g/mol. The van der Waals surface area contributed by atoms with Gasteiger partial charge in [0, 0.05) is 12.6 Å². The zero-order chi connectivity index (χ0) is 14.9. The van der Waals surface area contributed by atoms with E-state index in [4.69, 9.17) is 4.74 Å². The van der Waals surface area contributed by atoms with E-state index >= 15 is 0 Å². The van der Waals surface area contributed by atoms with E-state index in [1.807, 2.05) is 49.4 Å². The summed E-state index contributed by atoms with van der Waals surface area (Å²) in [7, 11) is 0. The van der Waals surface area contributed by atoms with E-state index in [0.717, 1.165) is 17.0 Å². The van der Waals surface area contributed by atoms with Crippen molar-refractivity contribution in [3.63, 3.8) is 0 Å². The van der Waals surface area contributed by atoms with Gasteiger partial charge in [0.1, 0.15) is 5.75 Å². The Labute approximate surface area is 125 Å². The lowest BCUT2D eigenvalue weighted by atomic mass is 10.1. The molecular weight excluding hydrogens is 264 g/mol. The molecule has 1 heterocycles. The number of ether oxygens (including phenoxy) is 1. The lowest BCUT2D eigenvalue weighted by Gasteiger charge is -2.10. The van der Waals surface area contributed by atoms with Gasteiger partial charge in [-0.2, -0.15) is 0 Å². The summed E-state index contributed by atoms with van der Waals surface area (Å²) in [4.78, 5) is 16.1. The number of para-hydroxylation sites is 1. The first kappa shape index (κ1) is 15.0. The Kier molecular flexibility index (Phi) is 5.76. The van der Waals surface area contributed by atoms with Crippen molar-refractivity contribution in [2.24, 2.45) is 0 Å². The van der Waals surface area contributed by atoms with E-state index in [0.29, 0.717) is 26.0 Å². The Morgan fingerprint density at radius 2 is 2.00 bits per heavy atom. The average Bonchev–Trinajstić information content (AvgIpc) is 2.53. The molecule has 0 aliphatic rings. The maximum atomic E-state index is 11.9. The first-order valence-electron chi connectivity index (χ1n) is 7.17. The van der Waals surface area contributed by atoms with Crippen LogP contribution in [0.3, 0.4) is 0 Å². The Morgan fingerprint density at radius 3 is 2.76 bits per heavy atom. The number of hydrogen-bond donors (Lipinski definition) is 1. The van der Waals surface area contributed by atoms with Crippen LogP contribution < -0.4 is 10.1 Å². The van der Waals surface area contributed by atoms with Crippen LogP contribution in [-0.4, -0.2) is 17.5 Å². The molecule has 0 radical (unpaired) electrons. The van der Waals surface area contributed by atoms with Gasteiger partial charge in [0.25, 0.3) is 0 Å². The highest BCUT2D eigenvalue weighted by Gasteiger charge is 2.06. The number of aryl methyl sites for hydroxylation is 1. The van der Waals surface area contributed by atoms with Gasteiger partial charge in [-0.15, -0.1) is 0 Å². The third-order valence-electron chi connectivity index (χ3n) is 3.09. The molecule has 110 valence electrons. The van der Waals surface area contributed by atoms with E-state index < -0.39 is 0 Å². The second-order valence-corrected chi connectivity index (χ2v) is 4.64. The van der Waals surface area contributed by atoms with Gasteiger partial charge in [0.05, 0.1) is 18.8 Å². The second kappa shape index (κ2) is 8.04. The predicted molar refractivity (Wildman–Crippen MR) is 82.0 cm³/mol. The third-order valence-corrected chi connectivity index (χ3v) is 3.09. The van der Waals surface area contributed by atoms with E-state index in [-0.39, 0.29) is 5.91 Å². The summed E-state index contributed by atoms with van der Waals surface area (Å²) in [6, 6.07) is 13.5. The number of rotatable bonds is 7. The molecule has 2 rings (SSSR count). The number of amides is 1. The van der Waals surface area contributed by atoms with Crippen molar-refractivity contribution in [3.8, 4) is 5.75 Å². The highest BCUT2D eigenvalue weighted by atomic mass is 16.5. The van der Waals surface area contributed by atoms with Crippen LogP contribution in [0, 0.1) is 0 Å². The highest BCUT2D eigenvalue weighted by Crippen LogP contribution is 2.19. The number of carbonyl (C=O) groups excluding carboxylic acids is 1. The molecule has 0 fully saturated rings. The SMILES string of the molecule is CCOc1ccccc1CCC(=O)NCc1ccccn1. The van der Waals surface area contributed by atoms with Gasteiger partial charge in [0.2, 0.25) is 5.91 Å². The number of carbonyl (C=O) groups is 1. The molecule has 1 N–H and O–H groups in total. The maximum absolute atomic E-state index is 11.9. The van der Waals surface area contributed by atoms with Gasteiger partial charge >= 0.3 is 0 Å². The summed E-state index contributed by atoms with van der Waals surface area (Å²) in [6.07, 6.45) is 2.83. The number of nitrogens with one attached hydrogen (secondary N) is 1. The first-order valence-corrected chi connectivity index (χ1v) is 7.17. The van der Waals surface area contributed by atoms with Gasteiger partial charge in [-0.25, -0.2) is 0 Å². The van der Waals surface area contributed by atoms with Gasteiger partial charge in [-0.1, -0.05) is 24.3 Å². The quantitative estimate of drug-likeness (QED) is 0.850. The summed E-state index contributed by atoms with van der Waals surface area (Å²) in [5.74, 6) is 0.879. The molecule has 0 unspecified atom stereocenters. The van der Waals surface area contributed by atoms with Crippen molar-refractivity contribution in [1.29, 1.82) is 0 Å². The molecule has 1 amide bonds. The van der Waals surface area contributed by atoms with Gasteiger partial charge in [0.15, 0.2) is 0 Å². The summed E-state index contributed by atoms with van der Waals surface area (Å²) < 4.78 is 5.56. The van der Waals surface area contributed by atoms with Gasteiger partial charge in [-0.05, 0) is 37.1 Å². The van der Waals surface area contributed by atoms with Crippen LogP contribution >= 0.6 is 0 Å². The molecule has 4 heteroatoms. The molecule has 0 spiro atoms. The van der Waals surface area contributed by atoms with Crippen molar-refractivity contribution in [1.82, 2.24) is 10.3 Å². The fourth-order valence-electron chi connectivity index (χ4n) is 2.04. The average molecular weight is 284 g/mol. The van der Waals surface area contributed by atoms with Crippen LogP contribution in [0.1, 0.15) is 24.6 Å². The van der Waals surface area contributed by atoms with Crippen LogP contribution in [0.4, 0.5) is 0 Å². The van der Waals surface area contributed by atoms with Gasteiger partial charge < -0.3 is 10.1 Å². The minimum atomic E-state index is 0.0203. The first-order chi connectivity index (χ1) is 10.3. The molecule has 1 aromatic heterocycles. The normalized spacial score (nSPS) is 10.1. The van der Waals surface area contributed by atoms with Crippen molar-refractivity contribution in [3.05, 3.63) is 59.9 Å². The number of benzene rings is 1. The molecule has 0 bridgehead atoms. The Balaban J connectivity index is 1.81. The zero-order valence-electron chi connectivity index (χ0n) is 12.2. The zero-order valence-corrected chi connectivity index (χ0v) is 12.2. The topological polar surface area (TPSA) is 51.2 Å². The molecule has 1 aromatic carbocycles. The third kappa shape index (κ3) is 4.91. The second-order valence-electron chi connectivity index (χ2n) is 4.64. The van der Waals surface area contributed by atoms with Gasteiger partial charge in [-0.3, -0.25) is 9.78 Å². The number of nitrogens with zero attached hydrogens (tertiary/aromatic N) is 1. The highest BCUT2D eigenvalue weighted by molar-refractivity contribution is 5.76. The number of pyridine rings is 1. The van der Waals surface area contributed by atoms with E-state index in [1.165, 1.54) is 0 Å². The molecule has 4 nitrogen and oxygen atoms in total. The van der Waals surface area contributed by atoms with Crippen LogP contribution in [0.25, 0.3) is 0 Å². The van der Waals surface area contributed by atoms with Crippen LogP contribution in [0.15, 0.2) is 48.7 Å². The van der Waals surface area contributed by atoms with E-state index in [2.05, 4.69) is 10.3 Å². The Bertz CT molecular complexity index is 570. The van der Waals surface area contributed by atoms with Crippen LogP contribution in [0.2, 0.25) is 0 Å². The number of aromatic nitrogens is 1. The summed E-state index contributed by atoms with van der Waals surface area (Å²) in [5, 5.41) is 2.88. The molecule has 0 saturated heterocycles. The lowest BCUT2D eigenvalue weighted by molar-refractivity contribution is -0.121. The molecular formula is C17H20N2O2. The molecule has 0 aliphatic heterocycles. The smallest absolute Gasteiger partial charge is 0.220 e. The minimum Gasteiger partial charge on any atom is -0.494 e. The van der Waals surface area contributed by atoms with Crippen LogP contribution in [-0.2, 0) is 17.8 Å². The molecule has 0 saturated carbocycles.